The van der Waals surface area contributed by atoms with Crippen LogP contribution in [0.15, 0.2) is 0 Å². The molecule has 156 valence electrons. The molecule has 7 atom stereocenters. The van der Waals surface area contributed by atoms with E-state index in [0.29, 0.717) is 30.0 Å². The zero-order chi connectivity index (χ0) is 19.1. The van der Waals surface area contributed by atoms with E-state index < -0.39 is 6.17 Å². The van der Waals surface area contributed by atoms with Crippen molar-refractivity contribution >= 4 is 24.2 Å². The summed E-state index contributed by atoms with van der Waals surface area (Å²) in [7, 11) is 4.03. The molecular weight excluding hydrogens is 383 g/mol. The second kappa shape index (κ2) is 8.67. The van der Waals surface area contributed by atoms with E-state index in [-0.39, 0.29) is 17.0 Å². The molecule has 0 bridgehead atoms. The van der Waals surface area contributed by atoms with Crippen LogP contribution in [-0.2, 0) is 4.74 Å². The van der Waals surface area contributed by atoms with Crippen LogP contribution in [-0.4, -0.2) is 65.2 Å². The molecule has 0 N–H and O–H groups in total. The Morgan fingerprint density at radius 3 is 2.44 bits per heavy atom. The maximum absolute atomic E-state index is 13.8. The topological polar surface area (TPSA) is 15.7 Å². The van der Waals surface area contributed by atoms with Crippen LogP contribution in [0.3, 0.4) is 0 Å². The number of rotatable bonds is 3. The van der Waals surface area contributed by atoms with Crippen LogP contribution in [0.1, 0.15) is 64.2 Å². The molecule has 0 aromatic heterocycles. The fourth-order valence-electron chi connectivity index (χ4n) is 6.64. The molecule has 3 saturated carbocycles. The molecule has 3 aliphatic carbocycles. The first-order chi connectivity index (χ1) is 13.0. The Labute approximate surface area is 174 Å². The van der Waals surface area contributed by atoms with E-state index in [4.69, 9.17) is 29.0 Å². The average molecular weight is 419 g/mol. The highest BCUT2D eigenvalue weighted by Gasteiger charge is 2.53. The molecule has 3 nitrogen and oxygen atoms in total. The van der Waals surface area contributed by atoms with E-state index in [2.05, 4.69) is 16.8 Å². The summed E-state index contributed by atoms with van der Waals surface area (Å²) in [4.78, 5) is 5.18. The molecule has 27 heavy (non-hydrogen) atoms. The van der Waals surface area contributed by atoms with Crippen molar-refractivity contribution in [3.63, 3.8) is 0 Å². The van der Waals surface area contributed by atoms with Crippen molar-refractivity contribution in [2.75, 3.05) is 14.2 Å². The second-order valence-corrected chi connectivity index (χ2v) is 10.4. The first-order valence-corrected chi connectivity index (χ1v) is 11.9. The molecule has 0 aromatic rings. The predicted molar refractivity (Wildman–Crippen MR) is 112 cm³/mol. The van der Waals surface area contributed by atoms with Gasteiger partial charge < -0.3 is 4.74 Å². The van der Waals surface area contributed by atoms with Crippen molar-refractivity contribution in [1.82, 2.24) is 9.80 Å². The lowest BCUT2D eigenvalue weighted by atomic mass is 9.68. The van der Waals surface area contributed by atoms with E-state index in [9.17, 15) is 4.39 Å². The molecule has 1 saturated heterocycles. The van der Waals surface area contributed by atoms with E-state index in [1.54, 1.807) is 7.11 Å². The Hall–Kier alpha value is 0.450. The van der Waals surface area contributed by atoms with Gasteiger partial charge in [-0.2, -0.15) is 0 Å². The van der Waals surface area contributed by atoms with Crippen LogP contribution in [0.5, 0.6) is 0 Å². The van der Waals surface area contributed by atoms with Gasteiger partial charge in [-0.15, -0.1) is 24.2 Å². The molecule has 0 aromatic carbocycles. The highest BCUT2D eigenvalue weighted by Crippen LogP contribution is 2.48. The normalized spacial score (nSPS) is 49.9. The molecule has 4 aliphatic rings. The standard InChI is InChI=1S/C21H36ClFN2OS/c1-24-18-5-3-4-16(13-6-11-19(26-2)17(22)12-13)20(18)25(21(24)27)15-9-7-14(23)8-10-15/h13-21,27H,3-12H2,1-2H3. The predicted octanol–water partition coefficient (Wildman–Crippen LogP) is 4.69. The van der Waals surface area contributed by atoms with E-state index in [1.165, 1.54) is 25.7 Å². The number of methoxy groups -OCH3 is 1. The molecule has 6 heteroatoms. The van der Waals surface area contributed by atoms with Crippen LogP contribution in [0, 0.1) is 11.8 Å². The number of alkyl halides is 2. The molecule has 4 fully saturated rings. The van der Waals surface area contributed by atoms with Gasteiger partial charge in [0.2, 0.25) is 0 Å². The lowest BCUT2D eigenvalue weighted by Gasteiger charge is -2.47. The van der Waals surface area contributed by atoms with Crippen LogP contribution < -0.4 is 0 Å². The maximum atomic E-state index is 13.8. The van der Waals surface area contributed by atoms with Gasteiger partial charge in [-0.05, 0) is 76.7 Å². The highest BCUT2D eigenvalue weighted by atomic mass is 35.5. The molecule has 0 radical (unpaired) electrons. The number of hydrogen-bond donors (Lipinski definition) is 1. The Morgan fingerprint density at radius 1 is 1.04 bits per heavy atom. The van der Waals surface area contributed by atoms with Crippen LogP contribution >= 0.6 is 24.2 Å². The monoisotopic (exact) mass is 418 g/mol. The molecule has 4 rings (SSSR count). The van der Waals surface area contributed by atoms with E-state index >= 15 is 0 Å². The van der Waals surface area contributed by atoms with Gasteiger partial charge in [-0.25, -0.2) is 4.39 Å². The smallest absolute Gasteiger partial charge is 0.108 e. The summed E-state index contributed by atoms with van der Waals surface area (Å²) in [6.45, 7) is 0. The van der Waals surface area contributed by atoms with Crippen molar-refractivity contribution in [1.29, 1.82) is 0 Å². The Kier molecular flexibility index (Phi) is 6.65. The second-order valence-electron chi connectivity index (χ2n) is 9.38. The largest absolute Gasteiger partial charge is 0.380 e. The van der Waals surface area contributed by atoms with Gasteiger partial charge in [0.1, 0.15) is 11.7 Å². The third kappa shape index (κ3) is 3.93. The van der Waals surface area contributed by atoms with Gasteiger partial charge in [0, 0.05) is 25.2 Å². The van der Waals surface area contributed by atoms with Crippen molar-refractivity contribution < 1.29 is 9.13 Å². The van der Waals surface area contributed by atoms with Gasteiger partial charge in [-0.3, -0.25) is 9.80 Å². The summed E-state index contributed by atoms with van der Waals surface area (Å²) in [6, 6.07) is 1.63. The van der Waals surface area contributed by atoms with Crippen molar-refractivity contribution in [3.8, 4) is 0 Å². The first-order valence-electron chi connectivity index (χ1n) is 11.0. The minimum absolute atomic E-state index is 0.135. The number of likely N-dealkylation sites (N-methyl/N-ethyl adjacent to an activating group) is 1. The number of fused-ring (bicyclic) bond motifs is 1. The van der Waals surface area contributed by atoms with Crippen LogP contribution in [0.4, 0.5) is 4.39 Å². The van der Waals surface area contributed by atoms with E-state index in [1.807, 2.05) is 0 Å². The Balaban J connectivity index is 1.54. The molecule has 0 spiro atoms. The first kappa shape index (κ1) is 20.7. The molecule has 7 unspecified atom stereocenters. The average Bonchev–Trinajstić information content (AvgIpc) is 2.93. The lowest BCUT2D eigenvalue weighted by molar-refractivity contribution is 0.00718. The Morgan fingerprint density at radius 2 is 1.78 bits per heavy atom. The lowest BCUT2D eigenvalue weighted by Crippen LogP contribution is -2.53. The molecule has 0 amide bonds. The van der Waals surface area contributed by atoms with Crippen molar-refractivity contribution in [3.05, 3.63) is 0 Å². The molecule has 1 heterocycles. The number of halogens is 2. The van der Waals surface area contributed by atoms with Crippen LogP contribution in [0.2, 0.25) is 0 Å². The van der Waals surface area contributed by atoms with Crippen LogP contribution in [0.25, 0.3) is 0 Å². The zero-order valence-corrected chi connectivity index (χ0v) is 18.4. The summed E-state index contributed by atoms with van der Waals surface area (Å²) in [5.41, 5.74) is 0.170. The number of nitrogens with zero attached hydrogens (tertiary/aromatic N) is 2. The van der Waals surface area contributed by atoms with Crippen molar-refractivity contribution in [2.24, 2.45) is 11.8 Å². The van der Waals surface area contributed by atoms with Gasteiger partial charge in [0.05, 0.1) is 11.5 Å². The maximum Gasteiger partial charge on any atom is 0.108 e. The Bertz CT molecular complexity index is 507. The fraction of sp³-hybridized carbons (Fsp3) is 1.00. The van der Waals surface area contributed by atoms with E-state index in [0.717, 1.165) is 38.5 Å². The van der Waals surface area contributed by atoms with Gasteiger partial charge >= 0.3 is 0 Å². The third-order valence-electron chi connectivity index (χ3n) is 8.08. The van der Waals surface area contributed by atoms with Gasteiger partial charge in [0.15, 0.2) is 0 Å². The molecule has 1 aliphatic heterocycles. The SMILES string of the molecule is COC1CCC(C2CCCC3C2N(C2CCC(F)CC2)C(S)N3C)CC1Cl. The minimum Gasteiger partial charge on any atom is -0.380 e. The third-order valence-corrected chi connectivity index (χ3v) is 9.17. The van der Waals surface area contributed by atoms with Gasteiger partial charge in [-0.1, -0.05) is 6.42 Å². The van der Waals surface area contributed by atoms with Crippen molar-refractivity contribution in [2.45, 2.75) is 105 Å². The quantitative estimate of drug-likeness (QED) is 0.529. The summed E-state index contributed by atoms with van der Waals surface area (Å²) in [5, 5.41) is 0.135. The fourth-order valence-corrected chi connectivity index (χ4v) is 7.61. The summed E-state index contributed by atoms with van der Waals surface area (Å²) >= 11 is 11.7. The molecular formula is C21H36ClFN2OS. The van der Waals surface area contributed by atoms with Gasteiger partial charge in [0.25, 0.3) is 0 Å². The summed E-state index contributed by atoms with van der Waals surface area (Å²) < 4.78 is 19.3. The zero-order valence-electron chi connectivity index (χ0n) is 16.8. The number of ether oxygens (including phenoxy) is 1. The number of hydrogen-bond acceptors (Lipinski definition) is 4. The minimum atomic E-state index is -0.598. The summed E-state index contributed by atoms with van der Waals surface area (Å²) in [6.07, 6.45) is 10.3. The summed E-state index contributed by atoms with van der Waals surface area (Å²) in [5.74, 6) is 1.37. The highest BCUT2D eigenvalue weighted by molar-refractivity contribution is 7.80. The number of thiol groups is 1.